The minimum absolute atomic E-state index is 0.0564. The molecule has 2 heterocycles. The number of piperazine rings is 1. The molecule has 1 aromatic heterocycles. The molecule has 1 N–H and O–H groups in total. The van der Waals surface area contributed by atoms with Crippen molar-refractivity contribution in [2.45, 2.75) is 11.8 Å². The van der Waals surface area contributed by atoms with Crippen LogP contribution in [0.3, 0.4) is 0 Å². The highest BCUT2D eigenvalue weighted by Crippen LogP contribution is 2.31. The third-order valence-corrected chi connectivity index (χ3v) is 8.12. The highest BCUT2D eigenvalue weighted by molar-refractivity contribution is 7.91. The topological polar surface area (TPSA) is 82.6 Å². The van der Waals surface area contributed by atoms with E-state index in [2.05, 4.69) is 22.2 Å². The predicted molar refractivity (Wildman–Crippen MR) is 121 cm³/mol. The molecule has 7 nitrogen and oxygen atoms in total. The zero-order valence-corrected chi connectivity index (χ0v) is 18.6. The largest absolute Gasteiger partial charge is 0.345 e. The molecule has 1 amide bonds. The lowest BCUT2D eigenvalue weighted by atomic mass is 10.2. The fourth-order valence-electron chi connectivity index (χ4n) is 3.40. The normalized spacial score (nSPS) is 15.5. The van der Waals surface area contributed by atoms with Crippen LogP contribution in [0.5, 0.6) is 0 Å². The van der Waals surface area contributed by atoms with E-state index in [4.69, 9.17) is 4.98 Å². The molecule has 3 aromatic rings. The summed E-state index contributed by atoms with van der Waals surface area (Å²) in [5.74, 6) is -0.495. The van der Waals surface area contributed by atoms with Crippen LogP contribution in [-0.4, -0.2) is 63.2 Å². The van der Waals surface area contributed by atoms with Gasteiger partial charge in [0.25, 0.3) is 5.91 Å². The first-order chi connectivity index (χ1) is 14.4. The molecular weight excluding hydrogens is 420 g/mol. The van der Waals surface area contributed by atoms with Gasteiger partial charge in [-0.25, -0.2) is 13.4 Å². The van der Waals surface area contributed by atoms with Crippen LogP contribution in [0.25, 0.3) is 10.2 Å². The van der Waals surface area contributed by atoms with Crippen molar-refractivity contribution in [3.05, 3.63) is 48.0 Å². The molecule has 1 aliphatic heterocycles. The molecule has 4 rings (SSSR count). The van der Waals surface area contributed by atoms with Crippen LogP contribution in [0.4, 0.5) is 10.8 Å². The van der Waals surface area contributed by atoms with Crippen molar-refractivity contribution in [1.82, 2.24) is 9.88 Å². The van der Waals surface area contributed by atoms with E-state index in [9.17, 15) is 13.2 Å². The molecule has 0 unspecified atom stereocenters. The first-order valence-electron chi connectivity index (χ1n) is 9.84. The number of carbonyl (C=O) groups excluding carboxylic acids is 1. The standard InChI is InChI=1S/C21H24N4O3S2/c1-3-30(27,28)19-7-5-4-6-16(19)20(26)22-15-8-9-17-18(14-15)29-21(23-17)25-12-10-24(2)11-13-25/h4-9,14H,3,10-13H2,1-2H3,(H,22,26). The number of carbonyl (C=O) groups is 1. The van der Waals surface area contributed by atoms with Gasteiger partial charge < -0.3 is 15.1 Å². The Bertz CT molecular complexity index is 1180. The van der Waals surface area contributed by atoms with Crippen LogP contribution >= 0.6 is 11.3 Å². The molecule has 1 saturated heterocycles. The summed E-state index contributed by atoms with van der Waals surface area (Å²) < 4.78 is 25.6. The average molecular weight is 445 g/mol. The lowest BCUT2D eigenvalue weighted by Crippen LogP contribution is -2.44. The van der Waals surface area contributed by atoms with Crippen molar-refractivity contribution in [3.63, 3.8) is 0 Å². The molecule has 0 atom stereocenters. The van der Waals surface area contributed by atoms with E-state index < -0.39 is 15.7 Å². The van der Waals surface area contributed by atoms with Gasteiger partial charge in [-0.2, -0.15) is 0 Å². The number of hydrogen-bond donors (Lipinski definition) is 1. The number of fused-ring (bicyclic) bond motifs is 1. The minimum Gasteiger partial charge on any atom is -0.345 e. The summed E-state index contributed by atoms with van der Waals surface area (Å²) in [7, 11) is -1.37. The summed E-state index contributed by atoms with van der Waals surface area (Å²) in [6.07, 6.45) is 0. The summed E-state index contributed by atoms with van der Waals surface area (Å²) >= 11 is 1.60. The van der Waals surface area contributed by atoms with Gasteiger partial charge in [0.1, 0.15) is 0 Å². The summed E-state index contributed by atoms with van der Waals surface area (Å²) in [6, 6.07) is 11.9. The quantitative estimate of drug-likeness (QED) is 0.651. The van der Waals surface area contributed by atoms with E-state index >= 15 is 0 Å². The highest BCUT2D eigenvalue weighted by atomic mass is 32.2. The van der Waals surface area contributed by atoms with Crippen molar-refractivity contribution in [2.75, 3.05) is 49.2 Å². The smallest absolute Gasteiger partial charge is 0.256 e. The maximum atomic E-state index is 12.8. The van der Waals surface area contributed by atoms with E-state index in [1.165, 1.54) is 12.1 Å². The molecule has 0 bridgehead atoms. The Balaban J connectivity index is 1.57. The number of aromatic nitrogens is 1. The van der Waals surface area contributed by atoms with Crippen LogP contribution in [0.2, 0.25) is 0 Å². The number of thiazole rings is 1. The monoisotopic (exact) mass is 444 g/mol. The molecule has 0 saturated carbocycles. The van der Waals surface area contributed by atoms with Crippen molar-refractivity contribution >= 4 is 48.1 Å². The van der Waals surface area contributed by atoms with Gasteiger partial charge in [0.05, 0.1) is 26.4 Å². The fourth-order valence-corrected chi connectivity index (χ4v) is 5.55. The number of benzene rings is 2. The molecule has 158 valence electrons. The Morgan fingerprint density at radius 1 is 1.13 bits per heavy atom. The van der Waals surface area contributed by atoms with E-state index in [0.29, 0.717) is 5.69 Å². The SMILES string of the molecule is CCS(=O)(=O)c1ccccc1C(=O)Nc1ccc2nc(N3CCN(C)CC3)sc2c1. The number of nitrogens with one attached hydrogen (secondary N) is 1. The van der Waals surface area contributed by atoms with Crippen molar-refractivity contribution < 1.29 is 13.2 Å². The molecule has 30 heavy (non-hydrogen) atoms. The Morgan fingerprint density at radius 2 is 1.87 bits per heavy atom. The maximum absolute atomic E-state index is 12.8. The zero-order chi connectivity index (χ0) is 21.3. The van der Waals surface area contributed by atoms with Gasteiger partial charge in [0, 0.05) is 31.9 Å². The first kappa shape index (κ1) is 20.8. The Hall–Kier alpha value is -2.49. The van der Waals surface area contributed by atoms with Gasteiger partial charge in [-0.05, 0) is 37.4 Å². The summed E-state index contributed by atoms with van der Waals surface area (Å²) in [5, 5.41) is 3.82. The third kappa shape index (κ3) is 4.19. The molecule has 1 aliphatic rings. The Morgan fingerprint density at radius 3 is 2.60 bits per heavy atom. The molecule has 1 fully saturated rings. The van der Waals surface area contributed by atoms with Crippen LogP contribution in [0.1, 0.15) is 17.3 Å². The molecule has 2 aromatic carbocycles. The van der Waals surface area contributed by atoms with Crippen LogP contribution in [0.15, 0.2) is 47.4 Å². The minimum atomic E-state index is -3.49. The maximum Gasteiger partial charge on any atom is 0.256 e. The van der Waals surface area contributed by atoms with Gasteiger partial charge in [0.2, 0.25) is 0 Å². The molecule has 0 aliphatic carbocycles. The van der Waals surface area contributed by atoms with E-state index in [1.54, 1.807) is 36.5 Å². The number of rotatable bonds is 5. The first-order valence-corrected chi connectivity index (χ1v) is 12.3. The number of anilines is 2. The lowest BCUT2D eigenvalue weighted by Gasteiger charge is -2.31. The lowest BCUT2D eigenvalue weighted by molar-refractivity contribution is 0.102. The van der Waals surface area contributed by atoms with Crippen LogP contribution in [0, 0.1) is 0 Å². The van der Waals surface area contributed by atoms with Crippen molar-refractivity contribution in [2.24, 2.45) is 0 Å². The van der Waals surface area contributed by atoms with Gasteiger partial charge in [-0.1, -0.05) is 30.4 Å². The van der Waals surface area contributed by atoms with Gasteiger partial charge in [0.15, 0.2) is 15.0 Å². The second-order valence-electron chi connectivity index (χ2n) is 7.32. The molecule has 0 radical (unpaired) electrons. The fraction of sp³-hybridized carbons (Fsp3) is 0.333. The summed E-state index contributed by atoms with van der Waals surface area (Å²) in [5.41, 5.74) is 1.66. The van der Waals surface area contributed by atoms with E-state index in [0.717, 1.165) is 41.5 Å². The second-order valence-corrected chi connectivity index (χ2v) is 10.6. The van der Waals surface area contributed by atoms with E-state index in [1.807, 2.05) is 12.1 Å². The number of sulfone groups is 1. The Kier molecular flexibility index (Phi) is 5.77. The Labute approximate surface area is 180 Å². The molecule has 9 heteroatoms. The van der Waals surface area contributed by atoms with Crippen molar-refractivity contribution in [3.8, 4) is 0 Å². The average Bonchev–Trinajstić information content (AvgIpc) is 3.17. The number of amides is 1. The number of hydrogen-bond acceptors (Lipinski definition) is 7. The van der Waals surface area contributed by atoms with Crippen LogP contribution < -0.4 is 10.2 Å². The van der Waals surface area contributed by atoms with Crippen LogP contribution in [-0.2, 0) is 9.84 Å². The highest BCUT2D eigenvalue weighted by Gasteiger charge is 2.21. The third-order valence-electron chi connectivity index (χ3n) is 5.26. The second kappa shape index (κ2) is 8.33. The zero-order valence-electron chi connectivity index (χ0n) is 17.0. The number of nitrogens with zero attached hydrogens (tertiary/aromatic N) is 3. The van der Waals surface area contributed by atoms with Crippen molar-refractivity contribution in [1.29, 1.82) is 0 Å². The molecule has 0 spiro atoms. The van der Waals surface area contributed by atoms with Gasteiger partial charge in [-0.15, -0.1) is 0 Å². The predicted octanol–water partition coefficient (Wildman–Crippen LogP) is 3.09. The summed E-state index contributed by atoms with van der Waals surface area (Å²) in [4.78, 5) is 22.2. The molecular formula is C21H24N4O3S2. The van der Waals surface area contributed by atoms with E-state index in [-0.39, 0.29) is 16.2 Å². The summed E-state index contributed by atoms with van der Waals surface area (Å²) in [6.45, 7) is 5.49. The van der Waals surface area contributed by atoms with Gasteiger partial charge in [-0.3, -0.25) is 4.79 Å². The van der Waals surface area contributed by atoms with Gasteiger partial charge >= 0.3 is 0 Å². The number of likely N-dealkylation sites (N-methyl/N-ethyl adjacent to an activating group) is 1.